The minimum atomic E-state index is -1.81. The van der Waals surface area contributed by atoms with Crippen LogP contribution in [-0.4, -0.2) is 22.2 Å². The first-order chi connectivity index (χ1) is 5.11. The van der Waals surface area contributed by atoms with E-state index in [4.69, 9.17) is 10.0 Å². The fourth-order valence-electron chi connectivity index (χ4n) is 0.615. The predicted molar refractivity (Wildman–Crippen MR) is 41.7 cm³/mol. The Morgan fingerprint density at radius 1 is 1.45 bits per heavy atom. The summed E-state index contributed by atoms with van der Waals surface area (Å²) in [5.41, 5.74) is -0.229. The monoisotopic (exact) mass is 219 g/mol. The molecule has 6 heteroatoms. The van der Waals surface area contributed by atoms with Gasteiger partial charge in [0.05, 0.1) is 0 Å². The van der Waals surface area contributed by atoms with Crippen LogP contribution in [0.3, 0.4) is 0 Å². The quantitative estimate of drug-likeness (QED) is 0.502. The van der Waals surface area contributed by atoms with Crippen molar-refractivity contribution in [1.82, 2.24) is 4.98 Å². The first-order valence-corrected chi connectivity index (χ1v) is 3.58. The van der Waals surface area contributed by atoms with Gasteiger partial charge in [-0.2, -0.15) is 4.39 Å². The zero-order valence-corrected chi connectivity index (χ0v) is 6.92. The Kier molecular flexibility index (Phi) is 2.59. The van der Waals surface area contributed by atoms with Crippen molar-refractivity contribution in [3.8, 4) is 0 Å². The van der Waals surface area contributed by atoms with E-state index in [1.165, 1.54) is 12.1 Å². The smallest absolute Gasteiger partial charge is 0.423 e. The number of nitrogens with zero attached hydrogens (tertiary/aromatic N) is 1. The van der Waals surface area contributed by atoms with Crippen molar-refractivity contribution in [2.75, 3.05) is 0 Å². The first-order valence-electron chi connectivity index (χ1n) is 2.79. The van der Waals surface area contributed by atoms with Gasteiger partial charge in [0.1, 0.15) is 4.60 Å². The van der Waals surface area contributed by atoms with Crippen LogP contribution in [0, 0.1) is 5.95 Å². The molecule has 2 N–H and O–H groups in total. The van der Waals surface area contributed by atoms with Gasteiger partial charge in [0.2, 0.25) is 5.95 Å². The van der Waals surface area contributed by atoms with E-state index in [9.17, 15) is 4.39 Å². The molecule has 0 aliphatic carbocycles. The number of aromatic nitrogens is 1. The molecule has 0 aromatic carbocycles. The lowest BCUT2D eigenvalue weighted by Gasteiger charge is -1.99. The van der Waals surface area contributed by atoms with Gasteiger partial charge in [0, 0.05) is 5.46 Å². The number of halogens is 2. The van der Waals surface area contributed by atoms with Crippen LogP contribution in [0.15, 0.2) is 16.7 Å². The van der Waals surface area contributed by atoms with E-state index in [1.807, 2.05) is 0 Å². The molecule has 58 valence electrons. The van der Waals surface area contributed by atoms with E-state index in [-0.39, 0.29) is 5.46 Å². The first kappa shape index (κ1) is 8.64. The van der Waals surface area contributed by atoms with Crippen LogP contribution in [0.4, 0.5) is 4.39 Å². The van der Waals surface area contributed by atoms with E-state index >= 15 is 0 Å². The average molecular weight is 220 g/mol. The molecule has 0 amide bonds. The molecule has 0 spiro atoms. The highest BCUT2D eigenvalue weighted by atomic mass is 79.9. The van der Waals surface area contributed by atoms with Gasteiger partial charge in [-0.25, -0.2) is 4.98 Å². The molecule has 0 saturated heterocycles. The summed E-state index contributed by atoms with van der Waals surface area (Å²) in [7, 11) is -1.81. The van der Waals surface area contributed by atoms with Crippen LogP contribution in [0.25, 0.3) is 0 Å². The van der Waals surface area contributed by atoms with Crippen LogP contribution in [0.1, 0.15) is 0 Å². The molecule has 11 heavy (non-hydrogen) atoms. The summed E-state index contributed by atoms with van der Waals surface area (Å²) in [6.45, 7) is 0. The van der Waals surface area contributed by atoms with Crippen LogP contribution >= 0.6 is 15.9 Å². The van der Waals surface area contributed by atoms with Crippen molar-refractivity contribution in [1.29, 1.82) is 0 Å². The van der Waals surface area contributed by atoms with Crippen molar-refractivity contribution < 1.29 is 14.4 Å². The van der Waals surface area contributed by atoms with Crippen LogP contribution in [-0.2, 0) is 0 Å². The molecule has 1 aromatic heterocycles. The minimum Gasteiger partial charge on any atom is -0.423 e. The van der Waals surface area contributed by atoms with Gasteiger partial charge in [-0.15, -0.1) is 0 Å². The highest BCUT2D eigenvalue weighted by molar-refractivity contribution is 9.10. The van der Waals surface area contributed by atoms with E-state index in [0.29, 0.717) is 4.60 Å². The highest BCUT2D eigenvalue weighted by Gasteiger charge is 2.16. The highest BCUT2D eigenvalue weighted by Crippen LogP contribution is 2.03. The molecule has 0 atom stereocenters. The lowest BCUT2D eigenvalue weighted by atomic mass is 9.81. The van der Waals surface area contributed by atoms with Gasteiger partial charge in [-0.3, -0.25) is 0 Å². The fourth-order valence-corrected chi connectivity index (χ4v) is 0.903. The van der Waals surface area contributed by atoms with Gasteiger partial charge in [-0.05, 0) is 22.0 Å². The van der Waals surface area contributed by atoms with Crippen LogP contribution in [0.2, 0.25) is 0 Å². The second-order valence-corrected chi connectivity index (χ2v) is 2.70. The van der Waals surface area contributed by atoms with Gasteiger partial charge >= 0.3 is 7.12 Å². The second-order valence-electron chi connectivity index (χ2n) is 1.89. The molecule has 0 aliphatic rings. The molecule has 1 aromatic rings. The molecule has 1 heterocycles. The third-order valence-corrected chi connectivity index (χ3v) is 1.56. The molecule has 0 aliphatic heterocycles. The Balaban J connectivity index is 3.09. The van der Waals surface area contributed by atoms with Crippen LogP contribution < -0.4 is 5.46 Å². The molecular formula is C5H4BBrFNO2. The lowest BCUT2D eigenvalue weighted by Crippen LogP contribution is -2.33. The third kappa shape index (κ3) is 1.98. The number of rotatable bonds is 1. The Labute approximate surface area is 71.2 Å². The van der Waals surface area contributed by atoms with Crippen LogP contribution in [0.5, 0.6) is 0 Å². The van der Waals surface area contributed by atoms with Crippen molar-refractivity contribution in [2.45, 2.75) is 0 Å². The molecule has 3 nitrogen and oxygen atoms in total. The summed E-state index contributed by atoms with van der Waals surface area (Å²) >= 11 is 2.93. The maximum Gasteiger partial charge on any atom is 0.493 e. The standard InChI is InChI=1S/C5H4BBrFNO2/c7-4-2-1-3(6(10)11)5(8)9-4/h1-2,10-11H. The minimum absolute atomic E-state index is 0.229. The maximum atomic E-state index is 12.6. The molecule has 1 rings (SSSR count). The Morgan fingerprint density at radius 3 is 2.55 bits per heavy atom. The Morgan fingerprint density at radius 2 is 2.09 bits per heavy atom. The summed E-state index contributed by atoms with van der Waals surface area (Å²) in [6, 6.07) is 2.68. The molecular weight excluding hydrogens is 216 g/mol. The topological polar surface area (TPSA) is 53.4 Å². The van der Waals surface area contributed by atoms with E-state index in [0.717, 1.165) is 0 Å². The predicted octanol–water partition coefficient (Wildman–Crippen LogP) is -0.337. The van der Waals surface area contributed by atoms with Crippen molar-refractivity contribution in [3.63, 3.8) is 0 Å². The third-order valence-electron chi connectivity index (χ3n) is 1.12. The summed E-state index contributed by atoms with van der Waals surface area (Å²) in [4.78, 5) is 3.32. The maximum absolute atomic E-state index is 12.6. The number of hydrogen-bond donors (Lipinski definition) is 2. The summed E-state index contributed by atoms with van der Waals surface area (Å²) in [6.07, 6.45) is 0. The summed E-state index contributed by atoms with van der Waals surface area (Å²) in [5.74, 6) is -0.880. The second kappa shape index (κ2) is 3.29. The number of pyridine rings is 1. The van der Waals surface area contributed by atoms with Gasteiger partial charge in [0.15, 0.2) is 0 Å². The lowest BCUT2D eigenvalue weighted by molar-refractivity contribution is 0.421. The molecule has 0 fully saturated rings. The summed E-state index contributed by atoms with van der Waals surface area (Å²) < 4.78 is 13.0. The zero-order chi connectivity index (χ0) is 8.43. The average Bonchev–Trinajstić information content (AvgIpc) is 1.85. The Hall–Kier alpha value is -0.455. The SMILES string of the molecule is OB(O)c1ccc(Br)nc1F. The fraction of sp³-hybridized carbons (Fsp3) is 0. The zero-order valence-electron chi connectivity index (χ0n) is 5.33. The molecule has 0 unspecified atom stereocenters. The molecule has 0 saturated carbocycles. The van der Waals surface area contributed by atoms with Crippen molar-refractivity contribution in [2.24, 2.45) is 0 Å². The van der Waals surface area contributed by atoms with E-state index in [2.05, 4.69) is 20.9 Å². The largest absolute Gasteiger partial charge is 0.493 e. The summed E-state index contributed by atoms with van der Waals surface area (Å²) in [5, 5.41) is 17.1. The molecule has 0 bridgehead atoms. The van der Waals surface area contributed by atoms with Crippen molar-refractivity contribution in [3.05, 3.63) is 22.7 Å². The molecule has 0 radical (unpaired) electrons. The van der Waals surface area contributed by atoms with Gasteiger partial charge in [0.25, 0.3) is 0 Å². The van der Waals surface area contributed by atoms with E-state index in [1.54, 1.807) is 0 Å². The van der Waals surface area contributed by atoms with Gasteiger partial charge < -0.3 is 10.0 Å². The number of hydrogen-bond acceptors (Lipinski definition) is 3. The van der Waals surface area contributed by atoms with Crippen molar-refractivity contribution >= 4 is 28.5 Å². The normalized spacial score (nSPS) is 9.82. The van der Waals surface area contributed by atoms with E-state index < -0.39 is 13.1 Å². The Bertz CT molecular complexity index is 271. The van der Waals surface area contributed by atoms with Gasteiger partial charge in [-0.1, -0.05) is 6.07 Å².